The van der Waals surface area contributed by atoms with Crippen LogP contribution in [0.5, 0.6) is 0 Å². The second-order valence-corrected chi connectivity index (χ2v) is 6.91. The molecule has 23 heavy (non-hydrogen) atoms. The van der Waals surface area contributed by atoms with Crippen molar-refractivity contribution in [2.24, 2.45) is 0 Å². The monoisotopic (exact) mass is 373 g/mol. The van der Waals surface area contributed by atoms with Crippen LogP contribution in [0, 0.1) is 0 Å². The summed E-state index contributed by atoms with van der Waals surface area (Å²) < 4.78 is 5.30. The molecule has 0 spiro atoms. The highest BCUT2D eigenvalue weighted by Crippen LogP contribution is 2.40. The third-order valence-electron chi connectivity index (χ3n) is 3.56. The summed E-state index contributed by atoms with van der Waals surface area (Å²) in [4.78, 5) is 24.4. The van der Waals surface area contributed by atoms with Gasteiger partial charge in [-0.1, -0.05) is 29.3 Å². The zero-order valence-electron chi connectivity index (χ0n) is 12.8. The fourth-order valence-electron chi connectivity index (χ4n) is 2.56. The molecule has 0 radical (unpaired) electrons. The Balaban J connectivity index is 2.40. The molecule has 0 bridgehead atoms. The minimum Gasteiger partial charge on any atom is -0.461 e. The zero-order valence-corrected chi connectivity index (χ0v) is 15.1. The quantitative estimate of drug-likeness (QED) is 0.630. The molecular formula is C16H17Cl2NO3S. The Kier molecular flexibility index (Phi) is 6.39. The van der Waals surface area contributed by atoms with Crippen molar-refractivity contribution in [3.05, 3.63) is 45.1 Å². The van der Waals surface area contributed by atoms with Gasteiger partial charge in [-0.3, -0.25) is 4.79 Å². The summed E-state index contributed by atoms with van der Waals surface area (Å²) in [6.07, 6.45) is 2.04. The number of hydrogen-bond donors (Lipinski definition) is 1. The van der Waals surface area contributed by atoms with Crippen molar-refractivity contribution < 1.29 is 14.3 Å². The first-order chi connectivity index (χ1) is 11.0. The second kappa shape index (κ2) is 8.08. The van der Waals surface area contributed by atoms with E-state index in [-0.39, 0.29) is 12.3 Å². The summed E-state index contributed by atoms with van der Waals surface area (Å²) in [6, 6.07) is 5.12. The SMILES string of the molecule is CSCCOC(=O)C1=C(C)NC(=O)C[C@H]1c1c(Cl)cccc1Cl. The Bertz CT molecular complexity index is 640. The molecule has 1 aliphatic rings. The number of allylic oxidation sites excluding steroid dienone is 1. The summed E-state index contributed by atoms with van der Waals surface area (Å²) >= 11 is 14.1. The molecule has 1 aromatic carbocycles. The molecule has 0 unspecified atom stereocenters. The van der Waals surface area contributed by atoms with Gasteiger partial charge in [0.25, 0.3) is 0 Å². The Morgan fingerprint density at radius 1 is 1.39 bits per heavy atom. The number of hydrogen-bond acceptors (Lipinski definition) is 4. The fraction of sp³-hybridized carbons (Fsp3) is 0.375. The molecule has 1 N–H and O–H groups in total. The third kappa shape index (κ3) is 4.22. The molecule has 1 amide bonds. The molecule has 2 rings (SSSR count). The topological polar surface area (TPSA) is 55.4 Å². The van der Waals surface area contributed by atoms with Crippen molar-refractivity contribution in [1.29, 1.82) is 0 Å². The van der Waals surface area contributed by atoms with E-state index in [1.165, 1.54) is 0 Å². The Morgan fingerprint density at radius 3 is 2.65 bits per heavy atom. The van der Waals surface area contributed by atoms with Gasteiger partial charge in [0.2, 0.25) is 5.91 Å². The van der Waals surface area contributed by atoms with Crippen molar-refractivity contribution >= 4 is 46.8 Å². The predicted molar refractivity (Wildman–Crippen MR) is 94.0 cm³/mol. The van der Waals surface area contributed by atoms with Crippen LogP contribution in [0.25, 0.3) is 0 Å². The predicted octanol–water partition coefficient (Wildman–Crippen LogP) is 3.78. The highest BCUT2D eigenvalue weighted by Gasteiger charge is 2.34. The number of esters is 1. The lowest BCUT2D eigenvalue weighted by molar-refractivity contribution is -0.139. The minimum absolute atomic E-state index is 0.105. The number of carbonyl (C=O) groups is 2. The van der Waals surface area contributed by atoms with E-state index in [0.717, 1.165) is 0 Å². The smallest absolute Gasteiger partial charge is 0.336 e. The van der Waals surface area contributed by atoms with E-state index >= 15 is 0 Å². The maximum absolute atomic E-state index is 12.5. The molecule has 4 nitrogen and oxygen atoms in total. The van der Waals surface area contributed by atoms with E-state index in [0.29, 0.717) is 39.2 Å². The number of halogens is 2. The number of ether oxygens (including phenoxy) is 1. The van der Waals surface area contributed by atoms with Gasteiger partial charge in [0.15, 0.2) is 0 Å². The van der Waals surface area contributed by atoms with Crippen molar-refractivity contribution in [1.82, 2.24) is 5.32 Å². The molecule has 0 fully saturated rings. The van der Waals surface area contributed by atoms with Crippen LogP contribution in [0.1, 0.15) is 24.8 Å². The third-order valence-corrected chi connectivity index (χ3v) is 4.79. The van der Waals surface area contributed by atoms with Gasteiger partial charge < -0.3 is 10.1 Å². The van der Waals surface area contributed by atoms with Crippen molar-refractivity contribution in [2.45, 2.75) is 19.3 Å². The van der Waals surface area contributed by atoms with Gasteiger partial charge in [-0.25, -0.2) is 4.79 Å². The van der Waals surface area contributed by atoms with Gasteiger partial charge in [0.1, 0.15) is 6.61 Å². The molecule has 0 saturated carbocycles. The Hall–Kier alpha value is -1.17. The molecule has 124 valence electrons. The van der Waals surface area contributed by atoms with Crippen LogP contribution in [-0.2, 0) is 14.3 Å². The lowest BCUT2D eigenvalue weighted by Crippen LogP contribution is -2.34. The molecular weight excluding hydrogens is 357 g/mol. The number of benzene rings is 1. The van der Waals surface area contributed by atoms with Crippen LogP contribution in [0.2, 0.25) is 10.0 Å². The van der Waals surface area contributed by atoms with E-state index < -0.39 is 11.9 Å². The van der Waals surface area contributed by atoms with Crippen LogP contribution in [-0.4, -0.2) is 30.5 Å². The maximum atomic E-state index is 12.5. The summed E-state index contributed by atoms with van der Waals surface area (Å²) in [7, 11) is 0. The van der Waals surface area contributed by atoms with Crippen molar-refractivity contribution in [3.8, 4) is 0 Å². The highest BCUT2D eigenvalue weighted by molar-refractivity contribution is 7.98. The van der Waals surface area contributed by atoms with Crippen molar-refractivity contribution in [2.75, 3.05) is 18.6 Å². The van der Waals surface area contributed by atoms with Crippen LogP contribution in [0.15, 0.2) is 29.5 Å². The molecule has 1 aromatic rings. The number of carbonyl (C=O) groups excluding carboxylic acids is 2. The average molecular weight is 374 g/mol. The molecule has 1 heterocycles. The molecule has 1 atom stereocenters. The zero-order chi connectivity index (χ0) is 17.0. The lowest BCUT2D eigenvalue weighted by Gasteiger charge is -2.27. The number of amides is 1. The lowest BCUT2D eigenvalue weighted by atomic mass is 9.84. The van der Waals surface area contributed by atoms with Crippen LogP contribution < -0.4 is 5.32 Å². The molecule has 7 heteroatoms. The van der Waals surface area contributed by atoms with Gasteiger partial charge >= 0.3 is 5.97 Å². The first kappa shape index (κ1) is 18.2. The van der Waals surface area contributed by atoms with Crippen LogP contribution in [0.3, 0.4) is 0 Å². The van der Waals surface area contributed by atoms with E-state index in [1.54, 1.807) is 36.9 Å². The summed E-state index contributed by atoms with van der Waals surface area (Å²) in [6.45, 7) is 1.99. The first-order valence-electron chi connectivity index (χ1n) is 7.06. The average Bonchev–Trinajstić information content (AvgIpc) is 2.46. The molecule has 0 aromatic heterocycles. The second-order valence-electron chi connectivity index (χ2n) is 5.11. The minimum atomic E-state index is -0.508. The number of thioether (sulfide) groups is 1. The number of rotatable bonds is 5. The van der Waals surface area contributed by atoms with E-state index in [2.05, 4.69) is 5.32 Å². The van der Waals surface area contributed by atoms with E-state index in [9.17, 15) is 9.59 Å². The van der Waals surface area contributed by atoms with Gasteiger partial charge in [-0.2, -0.15) is 11.8 Å². The van der Waals surface area contributed by atoms with Crippen LogP contribution >= 0.6 is 35.0 Å². The largest absolute Gasteiger partial charge is 0.461 e. The van der Waals surface area contributed by atoms with Gasteiger partial charge in [0, 0.05) is 33.8 Å². The van der Waals surface area contributed by atoms with E-state index in [1.807, 2.05) is 6.26 Å². The Labute approximate surface area is 149 Å². The van der Waals surface area contributed by atoms with Gasteiger partial charge in [-0.05, 0) is 30.9 Å². The number of nitrogens with one attached hydrogen (secondary N) is 1. The standard InChI is InChI=1S/C16H17Cl2NO3S/c1-9-14(16(21)22-6-7-23-2)10(8-13(20)19-9)15-11(17)4-3-5-12(15)18/h3-5,10H,6-8H2,1-2H3,(H,19,20)/t10-/m1/s1. The summed E-state index contributed by atoms with van der Waals surface area (Å²) in [5, 5.41) is 3.55. The maximum Gasteiger partial charge on any atom is 0.336 e. The molecule has 0 aliphatic carbocycles. The first-order valence-corrected chi connectivity index (χ1v) is 9.21. The fourth-order valence-corrected chi connectivity index (χ4v) is 3.47. The van der Waals surface area contributed by atoms with Crippen molar-refractivity contribution in [3.63, 3.8) is 0 Å². The molecule has 1 aliphatic heterocycles. The normalized spacial score (nSPS) is 17.9. The van der Waals surface area contributed by atoms with Gasteiger partial charge in [0.05, 0.1) is 5.57 Å². The highest BCUT2D eigenvalue weighted by atomic mass is 35.5. The van der Waals surface area contributed by atoms with Crippen LogP contribution in [0.4, 0.5) is 0 Å². The van der Waals surface area contributed by atoms with Gasteiger partial charge in [-0.15, -0.1) is 0 Å². The summed E-state index contributed by atoms with van der Waals surface area (Å²) in [5.41, 5.74) is 1.47. The Morgan fingerprint density at radius 2 is 2.04 bits per heavy atom. The van der Waals surface area contributed by atoms with E-state index in [4.69, 9.17) is 27.9 Å². The summed E-state index contributed by atoms with van der Waals surface area (Å²) in [5.74, 6) is -0.421. The molecule has 0 saturated heterocycles.